The number of Topliss-reactive ketones (excluding diaryl/α,β-unsaturated/α-hetero) is 1. The number of ketones is 1. The van der Waals surface area contributed by atoms with Gasteiger partial charge in [-0.05, 0) is 48.9 Å². The maximum absolute atomic E-state index is 12.8. The molecule has 0 radical (unpaired) electrons. The maximum atomic E-state index is 12.8. The second-order valence-corrected chi connectivity index (χ2v) is 11.3. The van der Waals surface area contributed by atoms with E-state index in [0.717, 1.165) is 33.4 Å². The molecule has 0 aliphatic rings. The Morgan fingerprint density at radius 2 is 1.75 bits per heavy atom. The molecule has 186 valence electrons. The van der Waals surface area contributed by atoms with Crippen LogP contribution in [0.25, 0.3) is 17.1 Å². The second-order valence-electron chi connectivity index (χ2n) is 8.21. The number of rotatable bonds is 8. The second kappa shape index (κ2) is 10.1. The van der Waals surface area contributed by atoms with E-state index < -0.39 is 10.0 Å². The number of phenolic OH excluding ortho intramolecular Hbond substituents is 2. The Bertz CT molecular complexity index is 1550. The first-order valence-electron chi connectivity index (χ1n) is 10.8. The minimum absolute atomic E-state index is 0.0443. The van der Waals surface area contributed by atoms with Crippen LogP contribution in [0.1, 0.15) is 15.9 Å². The quantitative estimate of drug-likeness (QED) is 0.263. The standard InChI is InChI=1S/C25H24N4O5S2/c1-16-6-4-8-18(12-16)29-24(17-7-5-9-20(13-17)36(33,34)28(2)3)26-27-25(29)35-15-23(32)21-11-10-19(30)14-22(21)31/h4-14,30-31H,15H2,1-3H3. The summed E-state index contributed by atoms with van der Waals surface area (Å²) in [7, 11) is -0.725. The summed E-state index contributed by atoms with van der Waals surface area (Å²) in [4.78, 5) is 12.9. The monoisotopic (exact) mass is 524 g/mol. The number of aryl methyl sites for hydroxylation is 1. The molecule has 4 aromatic rings. The average Bonchev–Trinajstić information content (AvgIpc) is 3.26. The number of carbonyl (C=O) groups is 1. The molecule has 9 nitrogen and oxygen atoms in total. The van der Waals surface area contributed by atoms with Gasteiger partial charge in [-0.2, -0.15) is 0 Å². The first-order chi connectivity index (χ1) is 17.1. The van der Waals surface area contributed by atoms with E-state index in [2.05, 4.69) is 10.2 Å². The smallest absolute Gasteiger partial charge is 0.242 e. The number of sulfonamides is 1. The van der Waals surface area contributed by atoms with Crippen LogP contribution < -0.4 is 0 Å². The van der Waals surface area contributed by atoms with Crippen LogP contribution in [-0.2, 0) is 10.0 Å². The van der Waals surface area contributed by atoms with Crippen molar-refractivity contribution in [2.75, 3.05) is 19.8 Å². The Morgan fingerprint density at radius 1 is 1.00 bits per heavy atom. The van der Waals surface area contributed by atoms with E-state index in [1.807, 2.05) is 31.2 Å². The van der Waals surface area contributed by atoms with Gasteiger partial charge in [-0.3, -0.25) is 9.36 Å². The molecule has 0 aliphatic heterocycles. The zero-order chi connectivity index (χ0) is 26.0. The molecule has 1 aromatic heterocycles. The summed E-state index contributed by atoms with van der Waals surface area (Å²) in [6.45, 7) is 1.95. The summed E-state index contributed by atoms with van der Waals surface area (Å²) >= 11 is 1.13. The number of aromatic hydroxyl groups is 2. The molecule has 0 aliphatic carbocycles. The van der Waals surface area contributed by atoms with Gasteiger partial charge in [0, 0.05) is 31.4 Å². The molecule has 0 atom stereocenters. The Hall–Kier alpha value is -3.67. The first-order valence-corrected chi connectivity index (χ1v) is 13.2. The maximum Gasteiger partial charge on any atom is 0.242 e. The van der Waals surface area contributed by atoms with Gasteiger partial charge >= 0.3 is 0 Å². The third-order valence-corrected chi connectivity index (χ3v) is 8.12. The van der Waals surface area contributed by atoms with E-state index in [4.69, 9.17) is 0 Å². The first kappa shape index (κ1) is 25.4. The van der Waals surface area contributed by atoms with Crippen molar-refractivity contribution in [2.45, 2.75) is 17.0 Å². The van der Waals surface area contributed by atoms with Gasteiger partial charge in [0.1, 0.15) is 11.5 Å². The Morgan fingerprint density at radius 3 is 2.44 bits per heavy atom. The topological polar surface area (TPSA) is 126 Å². The lowest BCUT2D eigenvalue weighted by molar-refractivity contribution is 0.102. The largest absolute Gasteiger partial charge is 0.508 e. The normalized spacial score (nSPS) is 11.7. The van der Waals surface area contributed by atoms with Gasteiger partial charge in [-0.25, -0.2) is 12.7 Å². The van der Waals surface area contributed by atoms with E-state index in [1.165, 1.54) is 32.3 Å². The van der Waals surface area contributed by atoms with Crippen LogP contribution >= 0.6 is 11.8 Å². The third kappa shape index (κ3) is 5.13. The number of phenols is 2. The zero-order valence-corrected chi connectivity index (χ0v) is 21.4. The van der Waals surface area contributed by atoms with Gasteiger partial charge in [-0.1, -0.05) is 36.0 Å². The summed E-state index contributed by atoms with van der Waals surface area (Å²) in [5.41, 5.74) is 2.38. The van der Waals surface area contributed by atoms with Crippen LogP contribution in [0.4, 0.5) is 0 Å². The number of nitrogens with zero attached hydrogens (tertiary/aromatic N) is 4. The molecule has 11 heteroatoms. The highest BCUT2D eigenvalue weighted by Gasteiger charge is 2.22. The molecule has 0 saturated heterocycles. The number of thioether (sulfide) groups is 1. The Balaban J connectivity index is 1.75. The number of hydrogen-bond acceptors (Lipinski definition) is 8. The van der Waals surface area contributed by atoms with Gasteiger partial charge in [0.05, 0.1) is 16.2 Å². The van der Waals surface area contributed by atoms with Crippen molar-refractivity contribution in [3.63, 3.8) is 0 Å². The van der Waals surface area contributed by atoms with Crippen molar-refractivity contribution in [1.82, 2.24) is 19.1 Å². The summed E-state index contributed by atoms with van der Waals surface area (Å²) in [6, 6.07) is 17.9. The number of carbonyl (C=O) groups excluding carboxylic acids is 1. The van der Waals surface area contributed by atoms with E-state index in [0.29, 0.717) is 16.5 Å². The SMILES string of the molecule is Cc1cccc(-n2c(SCC(=O)c3ccc(O)cc3O)nnc2-c2cccc(S(=O)(=O)N(C)C)c2)c1. The predicted octanol–water partition coefficient (Wildman–Crippen LogP) is 3.88. The summed E-state index contributed by atoms with van der Waals surface area (Å²) in [6.07, 6.45) is 0. The molecule has 3 aromatic carbocycles. The molecular weight excluding hydrogens is 500 g/mol. The fourth-order valence-corrected chi connectivity index (χ4v) is 5.30. The minimum atomic E-state index is -3.66. The highest BCUT2D eigenvalue weighted by atomic mass is 32.2. The van der Waals surface area contributed by atoms with Crippen molar-refractivity contribution >= 4 is 27.6 Å². The molecule has 0 bridgehead atoms. The highest BCUT2D eigenvalue weighted by molar-refractivity contribution is 7.99. The molecular formula is C25H24N4O5S2. The molecule has 0 saturated carbocycles. The van der Waals surface area contributed by atoms with Crippen LogP contribution in [0.2, 0.25) is 0 Å². The van der Waals surface area contributed by atoms with Crippen LogP contribution in [0.3, 0.4) is 0 Å². The summed E-state index contributed by atoms with van der Waals surface area (Å²) in [5.74, 6) is -0.424. The molecule has 1 heterocycles. The number of aromatic nitrogens is 3. The van der Waals surface area contributed by atoms with Crippen LogP contribution in [-0.4, -0.2) is 63.3 Å². The molecule has 0 amide bonds. The summed E-state index contributed by atoms with van der Waals surface area (Å²) in [5, 5.41) is 28.6. The highest BCUT2D eigenvalue weighted by Crippen LogP contribution is 2.31. The molecule has 0 spiro atoms. The van der Waals surface area contributed by atoms with Crippen molar-refractivity contribution < 1.29 is 23.4 Å². The van der Waals surface area contributed by atoms with Crippen LogP contribution in [0, 0.1) is 6.92 Å². The van der Waals surface area contributed by atoms with E-state index in [-0.39, 0.29) is 33.5 Å². The van der Waals surface area contributed by atoms with Crippen molar-refractivity contribution in [2.24, 2.45) is 0 Å². The summed E-state index contributed by atoms with van der Waals surface area (Å²) < 4.78 is 28.3. The Kier molecular flexibility index (Phi) is 7.16. The van der Waals surface area contributed by atoms with Crippen LogP contribution in [0.5, 0.6) is 11.5 Å². The molecule has 0 unspecified atom stereocenters. The lowest BCUT2D eigenvalue weighted by Gasteiger charge is -2.14. The van der Waals surface area contributed by atoms with E-state index in [9.17, 15) is 23.4 Å². The van der Waals surface area contributed by atoms with Gasteiger partial charge in [-0.15, -0.1) is 10.2 Å². The lowest BCUT2D eigenvalue weighted by atomic mass is 10.1. The molecule has 0 fully saturated rings. The van der Waals surface area contributed by atoms with Gasteiger partial charge < -0.3 is 10.2 Å². The van der Waals surface area contributed by atoms with Crippen molar-refractivity contribution in [1.29, 1.82) is 0 Å². The Labute approximate surface area is 213 Å². The van der Waals surface area contributed by atoms with Crippen molar-refractivity contribution in [3.05, 3.63) is 77.9 Å². The third-order valence-electron chi connectivity index (χ3n) is 5.38. The fraction of sp³-hybridized carbons (Fsp3) is 0.160. The fourth-order valence-electron chi connectivity index (χ4n) is 3.52. The number of hydrogen-bond donors (Lipinski definition) is 2. The lowest BCUT2D eigenvalue weighted by Crippen LogP contribution is -2.22. The van der Waals surface area contributed by atoms with Crippen molar-refractivity contribution in [3.8, 4) is 28.6 Å². The van der Waals surface area contributed by atoms with Gasteiger partial charge in [0.25, 0.3) is 0 Å². The molecule has 4 rings (SSSR count). The van der Waals surface area contributed by atoms with Crippen LogP contribution in [0.15, 0.2) is 76.8 Å². The average molecular weight is 525 g/mol. The predicted molar refractivity (Wildman–Crippen MR) is 137 cm³/mol. The van der Waals surface area contributed by atoms with Gasteiger partial charge in [0.15, 0.2) is 16.8 Å². The van der Waals surface area contributed by atoms with E-state index in [1.54, 1.807) is 22.8 Å². The van der Waals surface area contributed by atoms with Gasteiger partial charge in [0.2, 0.25) is 10.0 Å². The zero-order valence-electron chi connectivity index (χ0n) is 19.8. The minimum Gasteiger partial charge on any atom is -0.508 e. The van der Waals surface area contributed by atoms with E-state index >= 15 is 0 Å². The molecule has 36 heavy (non-hydrogen) atoms. The molecule has 2 N–H and O–H groups in total. The number of benzene rings is 3.